The van der Waals surface area contributed by atoms with Crippen LogP contribution in [0.2, 0.25) is 0 Å². The standard InChI is InChI=1S/C7H5F3.C4H6O2/c8-7(9,10)6-4-2-1-3-5-6;1-3(5)4(2)6/h1-5H;1-2H3. The lowest BCUT2D eigenvalue weighted by Gasteiger charge is -2.03. The van der Waals surface area contributed by atoms with Gasteiger partial charge in [-0.2, -0.15) is 13.2 Å². The first-order valence-corrected chi connectivity index (χ1v) is 4.39. The minimum Gasteiger partial charge on any atom is -0.291 e. The molecule has 1 aromatic rings. The molecule has 0 N–H and O–H groups in total. The molecule has 0 saturated carbocycles. The van der Waals surface area contributed by atoms with Crippen molar-refractivity contribution >= 4 is 11.6 Å². The Bertz CT molecular complexity index is 343. The third-order valence-corrected chi connectivity index (χ3v) is 1.60. The zero-order valence-electron chi connectivity index (χ0n) is 8.84. The summed E-state index contributed by atoms with van der Waals surface area (Å²) in [5.74, 6) is -0.759. The van der Waals surface area contributed by atoms with Gasteiger partial charge in [0.05, 0.1) is 5.56 Å². The minimum atomic E-state index is -4.21. The van der Waals surface area contributed by atoms with Crippen molar-refractivity contribution in [3.8, 4) is 0 Å². The summed E-state index contributed by atoms with van der Waals surface area (Å²) >= 11 is 0. The number of rotatable bonds is 1. The Labute approximate surface area is 91.1 Å². The minimum absolute atomic E-state index is 0.380. The molecule has 0 aliphatic carbocycles. The lowest BCUT2D eigenvalue weighted by molar-refractivity contribution is -0.137. The molecule has 0 unspecified atom stereocenters. The summed E-state index contributed by atoms with van der Waals surface area (Å²) in [4.78, 5) is 19.6. The van der Waals surface area contributed by atoms with Gasteiger partial charge >= 0.3 is 6.18 Å². The van der Waals surface area contributed by atoms with Crippen LogP contribution in [0.25, 0.3) is 0 Å². The van der Waals surface area contributed by atoms with Crippen molar-refractivity contribution < 1.29 is 22.8 Å². The second-order valence-electron chi connectivity index (χ2n) is 2.98. The molecule has 2 nitrogen and oxygen atoms in total. The van der Waals surface area contributed by atoms with Crippen LogP contribution in [0.4, 0.5) is 13.2 Å². The van der Waals surface area contributed by atoms with Crippen molar-refractivity contribution in [2.75, 3.05) is 0 Å². The number of Topliss-reactive ketones (excluding diaryl/α,β-unsaturated/α-hetero) is 2. The Morgan fingerprint density at radius 3 is 1.50 bits per heavy atom. The number of ketones is 2. The second kappa shape index (κ2) is 6.05. The molecular weight excluding hydrogens is 221 g/mol. The average Bonchev–Trinajstić information content (AvgIpc) is 2.18. The largest absolute Gasteiger partial charge is 0.416 e. The molecule has 0 radical (unpaired) electrons. The maximum absolute atomic E-state index is 11.8. The number of alkyl halides is 3. The highest BCUT2D eigenvalue weighted by atomic mass is 19.4. The summed E-state index contributed by atoms with van der Waals surface area (Å²) in [6, 6.07) is 6.36. The van der Waals surface area contributed by atoms with Crippen molar-refractivity contribution in [1.82, 2.24) is 0 Å². The smallest absolute Gasteiger partial charge is 0.291 e. The molecule has 0 saturated heterocycles. The predicted octanol–water partition coefficient (Wildman–Crippen LogP) is 2.87. The van der Waals surface area contributed by atoms with E-state index in [1.54, 1.807) is 6.07 Å². The lowest BCUT2D eigenvalue weighted by atomic mass is 10.2. The molecule has 0 aliphatic heterocycles. The topological polar surface area (TPSA) is 34.1 Å². The van der Waals surface area contributed by atoms with Crippen LogP contribution in [0.15, 0.2) is 30.3 Å². The van der Waals surface area contributed by atoms with Crippen LogP contribution in [-0.2, 0) is 15.8 Å². The predicted molar refractivity (Wildman–Crippen MR) is 52.8 cm³/mol. The quantitative estimate of drug-likeness (QED) is 0.697. The summed E-state index contributed by atoms with van der Waals surface area (Å²) in [5, 5.41) is 0. The zero-order valence-corrected chi connectivity index (χ0v) is 8.84. The van der Waals surface area contributed by atoms with Gasteiger partial charge in [-0.05, 0) is 0 Å². The van der Waals surface area contributed by atoms with E-state index in [1.807, 2.05) is 0 Å². The Kier molecular flexibility index (Phi) is 5.42. The molecule has 1 aromatic carbocycles. The first-order chi connectivity index (χ1) is 7.25. The number of hydrogen-bond acceptors (Lipinski definition) is 2. The van der Waals surface area contributed by atoms with Crippen LogP contribution in [0.5, 0.6) is 0 Å². The van der Waals surface area contributed by atoms with E-state index in [4.69, 9.17) is 0 Å². The molecule has 5 heteroatoms. The summed E-state index contributed by atoms with van der Waals surface area (Å²) < 4.78 is 35.4. The van der Waals surface area contributed by atoms with Crippen molar-refractivity contribution in [3.05, 3.63) is 35.9 Å². The third-order valence-electron chi connectivity index (χ3n) is 1.60. The maximum Gasteiger partial charge on any atom is 0.416 e. The molecular formula is C11H11F3O2. The Hall–Kier alpha value is -1.65. The normalized spacial score (nSPS) is 10.1. The average molecular weight is 232 g/mol. The van der Waals surface area contributed by atoms with Gasteiger partial charge in [0.25, 0.3) is 0 Å². The molecule has 0 heterocycles. The SMILES string of the molecule is CC(=O)C(C)=O.FC(F)(F)c1ccccc1. The summed E-state index contributed by atoms with van der Waals surface area (Å²) in [5.41, 5.74) is -0.602. The molecule has 0 aliphatic rings. The van der Waals surface area contributed by atoms with E-state index in [0.717, 1.165) is 12.1 Å². The van der Waals surface area contributed by atoms with Gasteiger partial charge in [-0.3, -0.25) is 9.59 Å². The van der Waals surface area contributed by atoms with Crippen molar-refractivity contribution in [3.63, 3.8) is 0 Å². The fourth-order valence-corrected chi connectivity index (χ4v) is 0.627. The molecule has 16 heavy (non-hydrogen) atoms. The monoisotopic (exact) mass is 232 g/mol. The molecule has 88 valence electrons. The van der Waals surface area contributed by atoms with E-state index < -0.39 is 11.7 Å². The number of benzene rings is 1. The van der Waals surface area contributed by atoms with E-state index in [2.05, 4.69) is 0 Å². The van der Waals surface area contributed by atoms with Crippen LogP contribution in [0.1, 0.15) is 19.4 Å². The molecule has 0 bridgehead atoms. The molecule has 0 fully saturated rings. The van der Waals surface area contributed by atoms with E-state index in [9.17, 15) is 22.8 Å². The van der Waals surface area contributed by atoms with Gasteiger partial charge in [0, 0.05) is 13.8 Å². The van der Waals surface area contributed by atoms with Crippen molar-refractivity contribution in [2.24, 2.45) is 0 Å². The number of halogens is 3. The number of carbonyl (C=O) groups is 2. The van der Waals surface area contributed by atoms with E-state index in [0.29, 0.717) is 0 Å². The van der Waals surface area contributed by atoms with Gasteiger partial charge in [-0.15, -0.1) is 0 Å². The summed E-state index contributed by atoms with van der Waals surface area (Å²) in [6.45, 7) is 2.50. The highest BCUT2D eigenvalue weighted by Gasteiger charge is 2.29. The van der Waals surface area contributed by atoms with Crippen LogP contribution in [-0.4, -0.2) is 11.6 Å². The molecule has 0 amide bonds. The van der Waals surface area contributed by atoms with E-state index in [1.165, 1.54) is 26.0 Å². The van der Waals surface area contributed by atoms with Crippen LogP contribution < -0.4 is 0 Å². The Morgan fingerprint density at radius 1 is 0.938 bits per heavy atom. The summed E-state index contributed by atoms with van der Waals surface area (Å²) in [6.07, 6.45) is -4.21. The Balaban J connectivity index is 0.000000325. The second-order valence-corrected chi connectivity index (χ2v) is 2.98. The van der Waals surface area contributed by atoms with E-state index >= 15 is 0 Å². The van der Waals surface area contributed by atoms with Gasteiger partial charge < -0.3 is 0 Å². The lowest BCUT2D eigenvalue weighted by Crippen LogP contribution is -2.03. The first kappa shape index (κ1) is 14.4. The molecule has 1 rings (SSSR count). The van der Waals surface area contributed by atoms with Gasteiger partial charge in [0.2, 0.25) is 0 Å². The molecule has 0 aromatic heterocycles. The first-order valence-electron chi connectivity index (χ1n) is 4.39. The molecule has 0 atom stereocenters. The molecule has 0 spiro atoms. The zero-order chi connectivity index (χ0) is 12.8. The fraction of sp³-hybridized carbons (Fsp3) is 0.273. The maximum atomic E-state index is 11.8. The van der Waals surface area contributed by atoms with Crippen LogP contribution in [0.3, 0.4) is 0 Å². The van der Waals surface area contributed by atoms with Crippen LogP contribution in [0, 0.1) is 0 Å². The van der Waals surface area contributed by atoms with Crippen molar-refractivity contribution in [2.45, 2.75) is 20.0 Å². The summed E-state index contributed by atoms with van der Waals surface area (Å²) in [7, 11) is 0. The van der Waals surface area contributed by atoms with Gasteiger partial charge in [-0.25, -0.2) is 0 Å². The van der Waals surface area contributed by atoms with E-state index in [-0.39, 0.29) is 11.6 Å². The van der Waals surface area contributed by atoms with Gasteiger partial charge in [-0.1, -0.05) is 30.3 Å². The van der Waals surface area contributed by atoms with Crippen molar-refractivity contribution in [1.29, 1.82) is 0 Å². The fourth-order valence-electron chi connectivity index (χ4n) is 0.627. The Morgan fingerprint density at radius 2 is 1.31 bits per heavy atom. The van der Waals surface area contributed by atoms with Gasteiger partial charge in [0.15, 0.2) is 11.6 Å². The van der Waals surface area contributed by atoms with Crippen LogP contribution >= 0.6 is 0 Å². The number of carbonyl (C=O) groups excluding carboxylic acids is 2. The highest BCUT2D eigenvalue weighted by Crippen LogP contribution is 2.28. The van der Waals surface area contributed by atoms with Gasteiger partial charge in [0.1, 0.15) is 0 Å². The third kappa shape index (κ3) is 5.95. The highest BCUT2D eigenvalue weighted by molar-refractivity contribution is 6.35. The number of hydrogen-bond donors (Lipinski definition) is 0.